The Bertz CT molecular complexity index is 466. The highest BCUT2D eigenvalue weighted by atomic mass is 16.5. The lowest BCUT2D eigenvalue weighted by molar-refractivity contribution is -0.148. The highest BCUT2D eigenvalue weighted by molar-refractivity contribution is 5.34. The second kappa shape index (κ2) is 4.29. The number of rotatable bonds is 2. The zero-order valence-electron chi connectivity index (χ0n) is 10.7. The van der Waals surface area contributed by atoms with E-state index in [0.717, 1.165) is 31.1 Å². The molecule has 2 heterocycles. The van der Waals surface area contributed by atoms with Crippen LogP contribution in [0.15, 0.2) is 24.3 Å². The molecule has 0 amide bonds. The molecule has 2 saturated heterocycles. The average molecular weight is 242 g/mol. The molecule has 2 bridgehead atoms. The molecule has 0 spiro atoms. The van der Waals surface area contributed by atoms with E-state index in [9.17, 15) is 0 Å². The van der Waals surface area contributed by atoms with E-state index in [1.165, 1.54) is 12.8 Å². The van der Waals surface area contributed by atoms with Crippen molar-refractivity contribution in [3.63, 3.8) is 0 Å². The van der Waals surface area contributed by atoms with Crippen LogP contribution in [0.2, 0.25) is 0 Å². The summed E-state index contributed by atoms with van der Waals surface area (Å²) in [5.41, 5.74) is 0.573. The Labute approximate surface area is 108 Å². The summed E-state index contributed by atoms with van der Waals surface area (Å²) in [6.07, 6.45) is 4.80. The van der Waals surface area contributed by atoms with Crippen molar-refractivity contribution < 1.29 is 4.74 Å². The van der Waals surface area contributed by atoms with Gasteiger partial charge in [0.15, 0.2) is 5.72 Å². The third-order valence-electron chi connectivity index (χ3n) is 4.41. The fourth-order valence-corrected chi connectivity index (χ4v) is 3.24. The zero-order chi connectivity index (χ0) is 12.6. The Morgan fingerprint density at radius 1 is 1.28 bits per heavy atom. The maximum atomic E-state index is 8.80. The molecule has 4 rings (SSSR count). The molecule has 3 aliphatic rings. The van der Waals surface area contributed by atoms with E-state index in [2.05, 4.69) is 18.0 Å². The standard InChI is InChI=1S/C15H18N2O/c1-17-11-13-6-8-15(17,9-7-13)18-14-4-2-12(10-16)3-5-14/h2-5,13H,6-9,11H2,1H3. The van der Waals surface area contributed by atoms with E-state index >= 15 is 0 Å². The van der Waals surface area contributed by atoms with Crippen molar-refractivity contribution in [2.24, 2.45) is 5.92 Å². The SMILES string of the molecule is CN1CC2CCC1(Oc1ccc(C#N)cc1)CC2. The quantitative estimate of drug-likeness (QED) is 0.800. The minimum atomic E-state index is -0.108. The Hall–Kier alpha value is -1.53. The maximum Gasteiger partial charge on any atom is 0.163 e. The first-order valence-corrected chi connectivity index (χ1v) is 6.62. The molecule has 3 fully saturated rings. The molecule has 0 aromatic heterocycles. The van der Waals surface area contributed by atoms with Gasteiger partial charge in [-0.3, -0.25) is 4.90 Å². The van der Waals surface area contributed by atoms with Crippen LogP contribution in [0.4, 0.5) is 0 Å². The molecule has 0 atom stereocenters. The molecule has 94 valence electrons. The van der Waals surface area contributed by atoms with Crippen molar-refractivity contribution in [3.8, 4) is 11.8 Å². The van der Waals surface area contributed by atoms with Crippen LogP contribution in [0.5, 0.6) is 5.75 Å². The molecule has 1 aromatic rings. The minimum absolute atomic E-state index is 0.108. The highest BCUT2D eigenvalue weighted by Gasteiger charge is 2.46. The lowest BCUT2D eigenvalue weighted by Gasteiger charge is -2.52. The maximum absolute atomic E-state index is 8.80. The van der Waals surface area contributed by atoms with Crippen LogP contribution >= 0.6 is 0 Å². The molecule has 3 heteroatoms. The Balaban J connectivity index is 1.80. The number of fused-ring (bicyclic) bond motifs is 3. The normalized spacial score (nSPS) is 31.0. The van der Waals surface area contributed by atoms with Gasteiger partial charge in [0.05, 0.1) is 11.6 Å². The van der Waals surface area contributed by atoms with Gasteiger partial charge < -0.3 is 4.74 Å². The van der Waals surface area contributed by atoms with Crippen molar-refractivity contribution in [3.05, 3.63) is 29.8 Å². The lowest BCUT2D eigenvalue weighted by Crippen LogP contribution is -2.59. The molecule has 1 aliphatic carbocycles. The van der Waals surface area contributed by atoms with Crippen LogP contribution in [0, 0.1) is 17.2 Å². The summed E-state index contributed by atoms with van der Waals surface area (Å²) in [6.45, 7) is 1.15. The summed E-state index contributed by atoms with van der Waals surface area (Å²) < 4.78 is 6.26. The van der Waals surface area contributed by atoms with Gasteiger partial charge in [-0.05, 0) is 50.1 Å². The van der Waals surface area contributed by atoms with Gasteiger partial charge in [-0.15, -0.1) is 0 Å². The summed E-state index contributed by atoms with van der Waals surface area (Å²) in [7, 11) is 2.16. The van der Waals surface area contributed by atoms with Crippen molar-refractivity contribution in [1.82, 2.24) is 4.90 Å². The lowest BCUT2D eigenvalue weighted by atomic mass is 9.77. The van der Waals surface area contributed by atoms with Crippen LogP contribution in [0.1, 0.15) is 31.2 Å². The first-order valence-electron chi connectivity index (χ1n) is 6.62. The summed E-state index contributed by atoms with van der Waals surface area (Å²) in [6, 6.07) is 9.58. The van der Waals surface area contributed by atoms with Crippen LogP contribution in [-0.4, -0.2) is 24.2 Å². The topological polar surface area (TPSA) is 36.3 Å². The van der Waals surface area contributed by atoms with Gasteiger partial charge in [-0.25, -0.2) is 0 Å². The third-order valence-corrected chi connectivity index (χ3v) is 4.41. The first kappa shape index (κ1) is 11.6. The number of hydrogen-bond donors (Lipinski definition) is 0. The van der Waals surface area contributed by atoms with Gasteiger partial charge in [0.1, 0.15) is 5.75 Å². The molecule has 3 nitrogen and oxygen atoms in total. The predicted molar refractivity (Wildman–Crippen MR) is 69.1 cm³/mol. The van der Waals surface area contributed by atoms with Crippen molar-refractivity contribution in [1.29, 1.82) is 5.26 Å². The van der Waals surface area contributed by atoms with Crippen LogP contribution in [-0.2, 0) is 0 Å². The Morgan fingerprint density at radius 2 is 1.94 bits per heavy atom. The average Bonchev–Trinajstić information content (AvgIpc) is 2.41. The molecule has 2 aliphatic heterocycles. The van der Waals surface area contributed by atoms with Gasteiger partial charge in [0.25, 0.3) is 0 Å². The van der Waals surface area contributed by atoms with Gasteiger partial charge in [0.2, 0.25) is 0 Å². The molecular weight excluding hydrogens is 224 g/mol. The fourth-order valence-electron chi connectivity index (χ4n) is 3.24. The summed E-state index contributed by atoms with van der Waals surface area (Å²) in [5.74, 6) is 1.74. The monoisotopic (exact) mass is 242 g/mol. The number of benzene rings is 1. The van der Waals surface area contributed by atoms with E-state index in [1.807, 2.05) is 24.3 Å². The van der Waals surface area contributed by atoms with Crippen molar-refractivity contribution in [2.75, 3.05) is 13.6 Å². The van der Waals surface area contributed by atoms with Crippen LogP contribution < -0.4 is 4.74 Å². The zero-order valence-corrected chi connectivity index (χ0v) is 10.7. The number of ether oxygens (including phenoxy) is 1. The molecule has 18 heavy (non-hydrogen) atoms. The van der Waals surface area contributed by atoms with Crippen LogP contribution in [0.25, 0.3) is 0 Å². The van der Waals surface area contributed by atoms with Crippen LogP contribution in [0.3, 0.4) is 0 Å². The number of piperidine rings is 2. The van der Waals surface area contributed by atoms with Gasteiger partial charge in [-0.1, -0.05) is 0 Å². The van der Waals surface area contributed by atoms with E-state index in [0.29, 0.717) is 5.56 Å². The number of nitrogens with zero attached hydrogens (tertiary/aromatic N) is 2. The molecule has 0 N–H and O–H groups in total. The molecule has 0 radical (unpaired) electrons. The minimum Gasteiger partial charge on any atom is -0.473 e. The number of hydrogen-bond acceptors (Lipinski definition) is 3. The van der Waals surface area contributed by atoms with Crippen molar-refractivity contribution in [2.45, 2.75) is 31.4 Å². The highest BCUT2D eigenvalue weighted by Crippen LogP contribution is 2.43. The first-order chi connectivity index (χ1) is 8.72. The van der Waals surface area contributed by atoms with E-state index < -0.39 is 0 Å². The fraction of sp³-hybridized carbons (Fsp3) is 0.533. The predicted octanol–water partition coefficient (Wildman–Crippen LogP) is 2.77. The van der Waals surface area contributed by atoms with Gasteiger partial charge in [-0.2, -0.15) is 5.26 Å². The van der Waals surface area contributed by atoms with Crippen molar-refractivity contribution >= 4 is 0 Å². The largest absolute Gasteiger partial charge is 0.473 e. The molecule has 1 saturated carbocycles. The Morgan fingerprint density at radius 3 is 2.50 bits per heavy atom. The molecular formula is C15H18N2O. The van der Waals surface area contributed by atoms with Gasteiger partial charge >= 0.3 is 0 Å². The Kier molecular flexibility index (Phi) is 2.76. The summed E-state index contributed by atoms with van der Waals surface area (Å²) in [5, 5.41) is 8.80. The second-order valence-corrected chi connectivity index (χ2v) is 5.51. The molecule has 1 aromatic carbocycles. The summed E-state index contributed by atoms with van der Waals surface area (Å²) >= 11 is 0. The van der Waals surface area contributed by atoms with E-state index in [4.69, 9.17) is 10.00 Å². The smallest absolute Gasteiger partial charge is 0.163 e. The third kappa shape index (κ3) is 1.87. The summed E-state index contributed by atoms with van der Waals surface area (Å²) in [4.78, 5) is 2.36. The van der Waals surface area contributed by atoms with Gasteiger partial charge in [0, 0.05) is 19.4 Å². The molecule has 0 unspecified atom stereocenters. The van der Waals surface area contributed by atoms with E-state index in [-0.39, 0.29) is 5.72 Å². The number of nitriles is 1. The van der Waals surface area contributed by atoms with E-state index in [1.54, 1.807) is 0 Å². The second-order valence-electron chi connectivity index (χ2n) is 5.51.